The van der Waals surface area contributed by atoms with Crippen LogP contribution in [0.2, 0.25) is 0 Å². The number of rotatable bonds is 4. The molecule has 0 radical (unpaired) electrons. The number of likely N-dealkylation sites (tertiary alicyclic amines) is 1. The number of carboxylic acid groups (broad SMARTS) is 2. The van der Waals surface area contributed by atoms with Crippen LogP contribution in [0.1, 0.15) is 41.2 Å². The van der Waals surface area contributed by atoms with Crippen molar-refractivity contribution in [1.29, 1.82) is 0 Å². The van der Waals surface area contributed by atoms with Crippen molar-refractivity contribution in [3.05, 3.63) is 76.9 Å². The van der Waals surface area contributed by atoms with Gasteiger partial charge in [-0.25, -0.2) is 9.59 Å². The van der Waals surface area contributed by atoms with Crippen molar-refractivity contribution in [2.75, 3.05) is 20.1 Å². The van der Waals surface area contributed by atoms with Gasteiger partial charge >= 0.3 is 11.9 Å². The fraction of sp³-hybridized carbons (Fsp3) is 0.360. The van der Waals surface area contributed by atoms with Crippen LogP contribution < -0.4 is 0 Å². The Labute approximate surface area is 192 Å². The number of fused-ring (bicyclic) bond motifs is 2. The highest BCUT2D eigenvalue weighted by Crippen LogP contribution is 2.42. The zero-order valence-electron chi connectivity index (χ0n) is 18.4. The number of hydrogen-bond acceptors (Lipinski definition) is 5. The van der Waals surface area contributed by atoms with Crippen LogP contribution in [-0.4, -0.2) is 53.3 Å². The number of ether oxygens (including phenoxy) is 1. The lowest BCUT2D eigenvalue weighted by atomic mass is 9.95. The van der Waals surface area contributed by atoms with Crippen LogP contribution in [0.4, 0.5) is 0 Å². The van der Waals surface area contributed by atoms with E-state index in [4.69, 9.17) is 14.9 Å². The predicted octanol–water partition coefficient (Wildman–Crippen LogP) is 4.51. The van der Waals surface area contributed by atoms with Gasteiger partial charge in [0.2, 0.25) is 0 Å². The second-order valence-corrected chi connectivity index (χ2v) is 9.07. The van der Waals surface area contributed by atoms with E-state index in [0.29, 0.717) is 18.3 Å². The molecule has 7 heteroatoms. The van der Waals surface area contributed by atoms with E-state index in [0.717, 1.165) is 31.7 Å². The van der Waals surface area contributed by atoms with Crippen LogP contribution in [0.5, 0.6) is 0 Å². The Morgan fingerprint density at radius 1 is 1.03 bits per heavy atom. The van der Waals surface area contributed by atoms with E-state index in [1.807, 2.05) is 11.8 Å². The average molecular weight is 456 g/mol. The second kappa shape index (κ2) is 11.3. The minimum atomic E-state index is -1.26. The van der Waals surface area contributed by atoms with E-state index in [9.17, 15) is 9.59 Å². The Morgan fingerprint density at radius 3 is 2.34 bits per heavy atom. The van der Waals surface area contributed by atoms with Crippen LogP contribution in [0, 0.1) is 6.92 Å². The van der Waals surface area contributed by atoms with E-state index in [1.165, 1.54) is 27.1 Å². The summed E-state index contributed by atoms with van der Waals surface area (Å²) >= 11 is 1.94. The van der Waals surface area contributed by atoms with Gasteiger partial charge in [0.25, 0.3) is 0 Å². The van der Waals surface area contributed by atoms with Gasteiger partial charge in [-0.15, -0.1) is 11.8 Å². The minimum absolute atomic E-state index is 0.0690. The zero-order chi connectivity index (χ0) is 23.1. The molecule has 6 nitrogen and oxygen atoms in total. The first-order valence-electron chi connectivity index (χ1n) is 10.6. The van der Waals surface area contributed by atoms with Crippen molar-refractivity contribution in [2.24, 2.45) is 0 Å². The molecule has 0 bridgehead atoms. The molecule has 0 aliphatic carbocycles. The summed E-state index contributed by atoms with van der Waals surface area (Å²) < 4.78 is 6.73. The van der Waals surface area contributed by atoms with Gasteiger partial charge < -0.3 is 19.8 Å². The molecule has 0 aromatic heterocycles. The number of piperidine rings is 1. The molecule has 0 amide bonds. The second-order valence-electron chi connectivity index (χ2n) is 8.06. The topological polar surface area (TPSA) is 87.1 Å². The van der Waals surface area contributed by atoms with Crippen LogP contribution in [0.3, 0.4) is 0 Å². The van der Waals surface area contributed by atoms with E-state index >= 15 is 0 Å². The molecule has 1 fully saturated rings. The molecule has 2 aromatic rings. The van der Waals surface area contributed by atoms with E-state index < -0.39 is 11.9 Å². The maximum atomic E-state index is 9.55. The fourth-order valence-electron chi connectivity index (χ4n) is 3.85. The van der Waals surface area contributed by atoms with Crippen molar-refractivity contribution in [2.45, 2.75) is 42.6 Å². The van der Waals surface area contributed by atoms with Gasteiger partial charge in [-0.05, 0) is 49.6 Å². The summed E-state index contributed by atoms with van der Waals surface area (Å²) in [6.07, 6.45) is 3.80. The number of aryl methyl sites for hydroxylation is 1. The first-order valence-corrected chi connectivity index (χ1v) is 11.6. The third-order valence-electron chi connectivity index (χ3n) is 5.53. The molecule has 1 unspecified atom stereocenters. The summed E-state index contributed by atoms with van der Waals surface area (Å²) in [5.74, 6) is -1.49. The summed E-state index contributed by atoms with van der Waals surface area (Å²) in [5, 5.41) is 15.6. The van der Waals surface area contributed by atoms with E-state index in [-0.39, 0.29) is 6.10 Å². The van der Waals surface area contributed by atoms with Crippen LogP contribution in [0.25, 0.3) is 0 Å². The molecule has 170 valence electrons. The van der Waals surface area contributed by atoms with Crippen LogP contribution in [-0.2, 0) is 20.1 Å². The number of carbonyl (C=O) groups is 2. The third kappa shape index (κ3) is 6.69. The molecule has 2 aliphatic heterocycles. The molecule has 32 heavy (non-hydrogen) atoms. The van der Waals surface area contributed by atoms with Crippen molar-refractivity contribution >= 4 is 23.7 Å². The quantitative estimate of drug-likeness (QED) is 0.656. The molecule has 0 spiro atoms. The lowest BCUT2D eigenvalue weighted by Gasteiger charge is -2.32. The molecular formula is C25H29NO5S. The Hall–Kier alpha value is -2.61. The van der Waals surface area contributed by atoms with Gasteiger partial charge in [-0.3, -0.25) is 0 Å². The summed E-state index contributed by atoms with van der Waals surface area (Å²) in [5.41, 5.74) is 5.43. The Balaban J connectivity index is 0.000000312. The smallest absolute Gasteiger partial charge is 0.328 e. The minimum Gasteiger partial charge on any atom is -0.478 e. The summed E-state index contributed by atoms with van der Waals surface area (Å²) in [7, 11) is 2.20. The van der Waals surface area contributed by atoms with Gasteiger partial charge in [0.15, 0.2) is 0 Å². The van der Waals surface area contributed by atoms with Gasteiger partial charge in [0.1, 0.15) is 6.10 Å². The number of hydrogen-bond donors (Lipinski definition) is 2. The fourth-order valence-corrected chi connectivity index (χ4v) is 4.92. The number of carboxylic acids is 2. The van der Waals surface area contributed by atoms with Crippen molar-refractivity contribution in [3.8, 4) is 0 Å². The maximum absolute atomic E-state index is 9.55. The number of nitrogens with zero attached hydrogens (tertiary/aromatic N) is 1. The Kier molecular flexibility index (Phi) is 8.50. The summed E-state index contributed by atoms with van der Waals surface area (Å²) in [6, 6.07) is 15.6. The van der Waals surface area contributed by atoms with E-state index in [2.05, 4.69) is 61.3 Å². The number of aliphatic carboxylic acids is 2. The Bertz CT molecular complexity index is 966. The van der Waals surface area contributed by atoms with Gasteiger partial charge in [-0.2, -0.15) is 0 Å². The molecule has 1 saturated heterocycles. The molecule has 2 aromatic carbocycles. The number of thioether (sulfide) groups is 1. The highest BCUT2D eigenvalue weighted by Gasteiger charge is 2.28. The summed E-state index contributed by atoms with van der Waals surface area (Å²) in [4.78, 5) is 22.9. The first-order chi connectivity index (χ1) is 15.3. The average Bonchev–Trinajstić information content (AvgIpc) is 2.91. The molecule has 2 aliphatic rings. The van der Waals surface area contributed by atoms with Crippen molar-refractivity contribution in [1.82, 2.24) is 4.90 Å². The maximum Gasteiger partial charge on any atom is 0.328 e. The van der Waals surface area contributed by atoms with Gasteiger partial charge in [0, 0.05) is 35.9 Å². The monoisotopic (exact) mass is 455 g/mol. The summed E-state index contributed by atoms with van der Waals surface area (Å²) in [6.45, 7) is 4.44. The van der Waals surface area contributed by atoms with Gasteiger partial charge in [0.05, 0.1) is 6.10 Å². The lowest BCUT2D eigenvalue weighted by Crippen LogP contribution is -2.35. The largest absolute Gasteiger partial charge is 0.478 e. The zero-order valence-corrected chi connectivity index (χ0v) is 19.2. The standard InChI is InChI=1S/C21H25NOS.C4H4O4/c1-15-7-8-20-19(13-15)21(23-17-9-11-22(2)12-10-17)18-6-4-3-5-16(18)14-24-20;5-3(6)1-2-4(7)8/h3-8,13,17,21H,9-12,14H2,1-2H3;1-2H,(H,5,6)(H,7,8)/b;2-1-. The molecule has 2 N–H and O–H groups in total. The highest BCUT2D eigenvalue weighted by molar-refractivity contribution is 7.98. The molecular weight excluding hydrogens is 426 g/mol. The van der Waals surface area contributed by atoms with Gasteiger partial charge in [-0.1, -0.05) is 42.0 Å². The third-order valence-corrected chi connectivity index (χ3v) is 6.67. The molecule has 1 atom stereocenters. The van der Waals surface area contributed by atoms with Crippen LogP contribution in [0.15, 0.2) is 59.5 Å². The first kappa shape index (κ1) is 24.0. The lowest BCUT2D eigenvalue weighted by molar-refractivity contribution is -0.134. The van der Waals surface area contributed by atoms with Crippen molar-refractivity contribution < 1.29 is 24.5 Å². The highest BCUT2D eigenvalue weighted by atomic mass is 32.2. The molecule has 2 heterocycles. The van der Waals surface area contributed by atoms with Crippen LogP contribution >= 0.6 is 11.8 Å². The normalized spacial score (nSPS) is 18.8. The predicted molar refractivity (Wildman–Crippen MR) is 125 cm³/mol. The van der Waals surface area contributed by atoms with Crippen molar-refractivity contribution in [3.63, 3.8) is 0 Å². The Morgan fingerprint density at radius 2 is 1.69 bits per heavy atom. The SMILES string of the molecule is Cc1ccc2c(c1)C(OC1CCN(C)CC1)c1ccccc1CS2.O=C(O)/C=C\C(=O)O. The molecule has 0 saturated carbocycles. The number of benzene rings is 2. The molecule has 4 rings (SSSR count). The van der Waals surface area contributed by atoms with E-state index in [1.54, 1.807) is 0 Å².